The van der Waals surface area contributed by atoms with Crippen molar-refractivity contribution < 1.29 is 18.7 Å². The maximum atomic E-state index is 14.0. The number of carbonyl (C=O) groups is 1. The van der Waals surface area contributed by atoms with E-state index in [1.807, 2.05) is 12.2 Å². The van der Waals surface area contributed by atoms with Crippen LogP contribution in [0.15, 0.2) is 42.5 Å². The van der Waals surface area contributed by atoms with E-state index in [1.54, 1.807) is 24.3 Å². The summed E-state index contributed by atoms with van der Waals surface area (Å²) in [4.78, 5) is 11.2. The van der Waals surface area contributed by atoms with E-state index >= 15 is 0 Å². The Morgan fingerprint density at radius 2 is 1.82 bits per heavy atom. The summed E-state index contributed by atoms with van der Waals surface area (Å²) < 4.78 is 27.4. The predicted molar refractivity (Wildman–Crippen MR) is 82.7 cm³/mol. The van der Waals surface area contributed by atoms with Crippen molar-refractivity contribution in [2.24, 2.45) is 0 Å². The zero-order chi connectivity index (χ0) is 16.1. The fourth-order valence-corrected chi connectivity index (χ4v) is 2.16. The van der Waals surface area contributed by atoms with Gasteiger partial charge in [-0.3, -0.25) is 0 Å². The highest BCUT2D eigenvalue weighted by Gasteiger charge is 2.19. The van der Waals surface area contributed by atoms with Crippen LogP contribution >= 0.6 is 0 Å². The third-order valence-corrected chi connectivity index (χ3v) is 3.29. The molecule has 0 aliphatic carbocycles. The van der Waals surface area contributed by atoms with Crippen LogP contribution < -0.4 is 0 Å². The molecule has 0 aliphatic rings. The number of aromatic carboxylic acids is 1. The number of rotatable bonds is 5. The van der Waals surface area contributed by atoms with Gasteiger partial charge in [-0.05, 0) is 29.7 Å². The van der Waals surface area contributed by atoms with Gasteiger partial charge in [0.05, 0.1) is 5.56 Å². The summed E-state index contributed by atoms with van der Waals surface area (Å²) >= 11 is 0. The van der Waals surface area contributed by atoms with Crippen molar-refractivity contribution in [2.45, 2.75) is 19.8 Å². The van der Waals surface area contributed by atoms with Gasteiger partial charge in [0.15, 0.2) is 11.6 Å². The standard InChI is InChI=1S/C18H16F2O2/c1-2-3-4-5-12-6-8-13(9-7-12)16-14(18(21)22)10-11-15(19)17(16)20/h4-11H,2-3H2,1H3,(H,21,22)/b5-4+. The summed E-state index contributed by atoms with van der Waals surface area (Å²) in [7, 11) is 0. The second kappa shape index (κ2) is 6.98. The van der Waals surface area contributed by atoms with Crippen LogP contribution in [0.25, 0.3) is 17.2 Å². The Hall–Kier alpha value is -2.49. The molecule has 2 aromatic carbocycles. The number of allylic oxidation sites excluding steroid dienone is 1. The molecular formula is C18H16F2O2. The number of hydrogen-bond acceptors (Lipinski definition) is 1. The second-order valence-corrected chi connectivity index (χ2v) is 4.90. The Morgan fingerprint density at radius 3 is 2.41 bits per heavy atom. The highest BCUT2D eigenvalue weighted by atomic mass is 19.2. The van der Waals surface area contributed by atoms with Crippen LogP contribution in [0.3, 0.4) is 0 Å². The van der Waals surface area contributed by atoms with Gasteiger partial charge in [0.1, 0.15) is 0 Å². The summed E-state index contributed by atoms with van der Waals surface area (Å²) in [5, 5.41) is 9.14. The van der Waals surface area contributed by atoms with E-state index in [1.165, 1.54) is 0 Å². The first kappa shape index (κ1) is 15.9. The van der Waals surface area contributed by atoms with Crippen molar-refractivity contribution in [3.05, 3.63) is 65.2 Å². The Morgan fingerprint density at radius 1 is 1.14 bits per heavy atom. The highest BCUT2D eigenvalue weighted by molar-refractivity contribution is 5.96. The molecule has 0 fully saturated rings. The first-order valence-electron chi connectivity index (χ1n) is 7.03. The highest BCUT2D eigenvalue weighted by Crippen LogP contribution is 2.29. The van der Waals surface area contributed by atoms with Crippen molar-refractivity contribution in [1.29, 1.82) is 0 Å². The Labute approximate surface area is 127 Å². The lowest BCUT2D eigenvalue weighted by Gasteiger charge is -2.09. The average molecular weight is 302 g/mol. The maximum absolute atomic E-state index is 14.0. The fraction of sp³-hybridized carbons (Fsp3) is 0.167. The van der Waals surface area contributed by atoms with E-state index < -0.39 is 17.6 Å². The Balaban J connectivity index is 2.44. The number of benzene rings is 2. The molecule has 22 heavy (non-hydrogen) atoms. The summed E-state index contributed by atoms with van der Waals surface area (Å²) in [6, 6.07) is 8.58. The van der Waals surface area contributed by atoms with Crippen LogP contribution in [-0.2, 0) is 0 Å². The number of unbranched alkanes of at least 4 members (excludes halogenated alkanes) is 1. The molecular weight excluding hydrogens is 286 g/mol. The molecule has 2 nitrogen and oxygen atoms in total. The second-order valence-electron chi connectivity index (χ2n) is 4.90. The normalized spacial score (nSPS) is 11.0. The summed E-state index contributed by atoms with van der Waals surface area (Å²) in [5.41, 5.74) is 0.776. The molecule has 2 rings (SSSR count). The van der Waals surface area contributed by atoms with Crippen LogP contribution in [0, 0.1) is 11.6 Å². The van der Waals surface area contributed by atoms with Crippen LogP contribution in [-0.4, -0.2) is 11.1 Å². The molecule has 1 N–H and O–H groups in total. The van der Waals surface area contributed by atoms with Gasteiger partial charge in [0, 0.05) is 5.56 Å². The zero-order valence-electron chi connectivity index (χ0n) is 12.1. The molecule has 0 heterocycles. The van der Waals surface area contributed by atoms with Gasteiger partial charge in [-0.25, -0.2) is 13.6 Å². The molecule has 0 saturated heterocycles. The van der Waals surface area contributed by atoms with Crippen LogP contribution in [0.1, 0.15) is 35.7 Å². The number of carboxylic acids is 1. The lowest BCUT2D eigenvalue weighted by atomic mass is 9.97. The van der Waals surface area contributed by atoms with E-state index in [2.05, 4.69) is 6.92 Å². The SMILES string of the molecule is CCC/C=C/c1ccc(-c2c(C(=O)O)ccc(F)c2F)cc1. The minimum atomic E-state index is -1.29. The molecule has 0 amide bonds. The van der Waals surface area contributed by atoms with Crippen molar-refractivity contribution >= 4 is 12.0 Å². The topological polar surface area (TPSA) is 37.3 Å². The van der Waals surface area contributed by atoms with Gasteiger partial charge in [0.2, 0.25) is 0 Å². The molecule has 0 unspecified atom stereocenters. The summed E-state index contributed by atoms with van der Waals surface area (Å²) in [6.45, 7) is 2.08. The van der Waals surface area contributed by atoms with E-state index in [9.17, 15) is 13.6 Å². The van der Waals surface area contributed by atoms with Crippen LogP contribution in [0.4, 0.5) is 8.78 Å². The van der Waals surface area contributed by atoms with Crippen molar-refractivity contribution in [1.82, 2.24) is 0 Å². The average Bonchev–Trinajstić information content (AvgIpc) is 2.51. The Kier molecular flexibility index (Phi) is 5.04. The molecule has 2 aromatic rings. The largest absolute Gasteiger partial charge is 0.478 e. The Bertz CT molecular complexity index is 704. The molecule has 0 radical (unpaired) electrons. The van der Waals surface area contributed by atoms with E-state index in [0.717, 1.165) is 30.5 Å². The van der Waals surface area contributed by atoms with E-state index in [-0.39, 0.29) is 11.1 Å². The van der Waals surface area contributed by atoms with E-state index in [0.29, 0.717) is 5.56 Å². The van der Waals surface area contributed by atoms with Crippen molar-refractivity contribution in [2.75, 3.05) is 0 Å². The molecule has 0 aliphatic heterocycles. The minimum absolute atomic E-state index is 0.225. The smallest absolute Gasteiger partial charge is 0.336 e. The van der Waals surface area contributed by atoms with Gasteiger partial charge >= 0.3 is 5.97 Å². The van der Waals surface area contributed by atoms with Gasteiger partial charge < -0.3 is 5.11 Å². The number of hydrogen-bond donors (Lipinski definition) is 1. The third-order valence-electron chi connectivity index (χ3n) is 3.29. The lowest BCUT2D eigenvalue weighted by molar-refractivity contribution is 0.0697. The number of carboxylic acid groups (broad SMARTS) is 1. The van der Waals surface area contributed by atoms with Gasteiger partial charge in [-0.1, -0.05) is 49.8 Å². The molecule has 0 bridgehead atoms. The lowest BCUT2D eigenvalue weighted by Crippen LogP contribution is -2.03. The van der Waals surface area contributed by atoms with Crippen LogP contribution in [0.2, 0.25) is 0 Å². The zero-order valence-corrected chi connectivity index (χ0v) is 12.1. The first-order chi connectivity index (χ1) is 10.5. The van der Waals surface area contributed by atoms with E-state index in [4.69, 9.17) is 5.11 Å². The molecule has 114 valence electrons. The molecule has 4 heteroatoms. The predicted octanol–water partition coefficient (Wildman–Crippen LogP) is 5.14. The minimum Gasteiger partial charge on any atom is -0.478 e. The first-order valence-corrected chi connectivity index (χ1v) is 7.03. The fourth-order valence-electron chi connectivity index (χ4n) is 2.16. The maximum Gasteiger partial charge on any atom is 0.336 e. The summed E-state index contributed by atoms with van der Waals surface area (Å²) in [6.07, 6.45) is 5.97. The van der Waals surface area contributed by atoms with Crippen molar-refractivity contribution in [3.63, 3.8) is 0 Å². The summed E-state index contributed by atoms with van der Waals surface area (Å²) in [5.74, 6) is -3.50. The molecule has 0 saturated carbocycles. The monoisotopic (exact) mass is 302 g/mol. The van der Waals surface area contributed by atoms with Gasteiger partial charge in [0.25, 0.3) is 0 Å². The van der Waals surface area contributed by atoms with Crippen LogP contribution in [0.5, 0.6) is 0 Å². The quantitative estimate of drug-likeness (QED) is 0.830. The third kappa shape index (κ3) is 3.39. The molecule has 0 atom stereocenters. The molecule has 0 spiro atoms. The van der Waals surface area contributed by atoms with Gasteiger partial charge in [-0.2, -0.15) is 0 Å². The number of halogens is 2. The molecule has 0 aromatic heterocycles. The van der Waals surface area contributed by atoms with Gasteiger partial charge in [-0.15, -0.1) is 0 Å². The van der Waals surface area contributed by atoms with Crippen molar-refractivity contribution in [3.8, 4) is 11.1 Å².